The average molecular weight is 225 g/mol. The van der Waals surface area contributed by atoms with Crippen molar-refractivity contribution in [1.29, 1.82) is 0 Å². The van der Waals surface area contributed by atoms with Crippen LogP contribution >= 0.6 is 23.1 Å². The van der Waals surface area contributed by atoms with Crippen LogP contribution in [-0.2, 0) is 0 Å². The second-order valence-corrected chi connectivity index (χ2v) is 3.63. The molecule has 0 fully saturated rings. The van der Waals surface area contributed by atoms with Crippen molar-refractivity contribution in [2.75, 3.05) is 0 Å². The first-order chi connectivity index (χ1) is 6.77. The Bertz CT molecular complexity index is 456. The zero-order valence-corrected chi connectivity index (χ0v) is 8.55. The third-order valence-electron chi connectivity index (χ3n) is 1.66. The van der Waals surface area contributed by atoms with Gasteiger partial charge in [-0.2, -0.15) is 4.37 Å². The Balaban J connectivity index is 2.37. The Hall–Kier alpha value is -1.26. The van der Waals surface area contributed by atoms with Crippen molar-refractivity contribution in [3.63, 3.8) is 0 Å². The summed E-state index contributed by atoms with van der Waals surface area (Å²) in [6.45, 7) is 0. The van der Waals surface area contributed by atoms with Crippen LogP contribution in [0.5, 0.6) is 0 Å². The molecule has 3 nitrogen and oxygen atoms in total. The van der Waals surface area contributed by atoms with Crippen LogP contribution in [0.15, 0.2) is 29.8 Å². The highest BCUT2D eigenvalue weighted by molar-refractivity contribution is 7.03. The fourth-order valence-corrected chi connectivity index (χ4v) is 1.70. The Morgan fingerprint density at radius 2 is 2.29 bits per heavy atom. The van der Waals surface area contributed by atoms with Gasteiger partial charge in [0.2, 0.25) is 5.78 Å². The lowest BCUT2D eigenvalue weighted by Crippen LogP contribution is -2.01. The summed E-state index contributed by atoms with van der Waals surface area (Å²) in [6, 6.07) is 4.83. The van der Waals surface area contributed by atoms with Gasteiger partial charge in [0.05, 0.1) is 0 Å². The number of pyridine rings is 1. The Kier molecular flexibility index (Phi) is 2.56. The molecule has 0 radical (unpaired) electrons. The van der Waals surface area contributed by atoms with Crippen molar-refractivity contribution >= 4 is 28.9 Å². The van der Waals surface area contributed by atoms with Crippen LogP contribution in [0.2, 0.25) is 5.15 Å². The van der Waals surface area contributed by atoms with Gasteiger partial charge in [-0.1, -0.05) is 11.6 Å². The fraction of sp³-hybridized carbons (Fsp3) is 0. The van der Waals surface area contributed by atoms with E-state index in [0.29, 0.717) is 16.4 Å². The molecule has 0 spiro atoms. The highest BCUT2D eigenvalue weighted by Crippen LogP contribution is 2.12. The lowest BCUT2D eigenvalue weighted by atomic mass is 10.1. The topological polar surface area (TPSA) is 42.9 Å². The molecule has 0 unspecified atom stereocenters. The standard InChI is InChI=1S/C9H5ClN2OS/c10-8-5-6(1-3-11-8)9(13)7-2-4-14-12-7/h1-5H. The van der Waals surface area contributed by atoms with Gasteiger partial charge in [0, 0.05) is 17.1 Å². The Labute approximate surface area is 89.5 Å². The van der Waals surface area contributed by atoms with Crippen molar-refractivity contribution < 1.29 is 4.79 Å². The van der Waals surface area contributed by atoms with Gasteiger partial charge in [0.1, 0.15) is 10.8 Å². The molecular weight excluding hydrogens is 220 g/mol. The Morgan fingerprint density at radius 1 is 1.43 bits per heavy atom. The zero-order chi connectivity index (χ0) is 9.97. The molecule has 0 aromatic carbocycles. The molecule has 2 aromatic heterocycles. The second-order valence-electron chi connectivity index (χ2n) is 2.58. The van der Waals surface area contributed by atoms with E-state index in [2.05, 4.69) is 9.36 Å². The smallest absolute Gasteiger partial charge is 0.212 e. The normalized spacial score (nSPS) is 10.1. The average Bonchev–Trinajstić information content (AvgIpc) is 2.69. The minimum absolute atomic E-state index is 0.129. The van der Waals surface area contributed by atoms with Gasteiger partial charge in [0.15, 0.2) is 0 Å². The summed E-state index contributed by atoms with van der Waals surface area (Å²) in [7, 11) is 0. The van der Waals surface area contributed by atoms with Gasteiger partial charge in [-0.05, 0) is 29.7 Å². The third kappa shape index (κ3) is 1.81. The molecule has 2 heterocycles. The highest BCUT2D eigenvalue weighted by atomic mass is 35.5. The molecule has 5 heteroatoms. The predicted octanol–water partition coefficient (Wildman–Crippen LogP) is 2.42. The van der Waals surface area contributed by atoms with Gasteiger partial charge >= 0.3 is 0 Å². The first-order valence-electron chi connectivity index (χ1n) is 3.84. The van der Waals surface area contributed by atoms with E-state index in [-0.39, 0.29) is 5.78 Å². The molecular formula is C9H5ClN2OS. The van der Waals surface area contributed by atoms with Gasteiger partial charge in [0.25, 0.3) is 0 Å². The quantitative estimate of drug-likeness (QED) is 0.581. The third-order valence-corrected chi connectivity index (χ3v) is 2.43. The van der Waals surface area contributed by atoms with Crippen LogP contribution < -0.4 is 0 Å². The van der Waals surface area contributed by atoms with Crippen molar-refractivity contribution in [2.45, 2.75) is 0 Å². The van der Waals surface area contributed by atoms with E-state index in [0.717, 1.165) is 0 Å². The number of ketones is 1. The van der Waals surface area contributed by atoms with Crippen LogP contribution in [-0.4, -0.2) is 15.1 Å². The van der Waals surface area contributed by atoms with E-state index < -0.39 is 0 Å². The van der Waals surface area contributed by atoms with Crippen molar-refractivity contribution in [2.24, 2.45) is 0 Å². The van der Waals surface area contributed by atoms with Gasteiger partial charge in [-0.15, -0.1) is 0 Å². The summed E-state index contributed by atoms with van der Waals surface area (Å²) in [6.07, 6.45) is 1.50. The molecule has 0 bridgehead atoms. The molecule has 0 amide bonds. The number of rotatable bonds is 2. The zero-order valence-electron chi connectivity index (χ0n) is 6.98. The van der Waals surface area contributed by atoms with E-state index in [1.807, 2.05) is 0 Å². The number of halogens is 1. The van der Waals surface area contributed by atoms with Crippen LogP contribution in [0.3, 0.4) is 0 Å². The molecule has 70 valence electrons. The minimum Gasteiger partial charge on any atom is -0.287 e. The monoisotopic (exact) mass is 224 g/mol. The van der Waals surface area contributed by atoms with E-state index in [1.165, 1.54) is 23.8 Å². The van der Waals surface area contributed by atoms with Crippen molar-refractivity contribution in [3.8, 4) is 0 Å². The molecule has 0 saturated heterocycles. The molecule has 0 aliphatic rings. The SMILES string of the molecule is O=C(c1ccnc(Cl)c1)c1ccsn1. The number of nitrogens with zero attached hydrogens (tertiary/aromatic N) is 2. The second kappa shape index (κ2) is 3.86. The molecule has 14 heavy (non-hydrogen) atoms. The van der Waals surface area contributed by atoms with Crippen LogP contribution in [0, 0.1) is 0 Å². The minimum atomic E-state index is -0.129. The number of carbonyl (C=O) groups excluding carboxylic acids is 1. The number of aromatic nitrogens is 2. The van der Waals surface area contributed by atoms with Crippen molar-refractivity contribution in [3.05, 3.63) is 46.2 Å². The highest BCUT2D eigenvalue weighted by Gasteiger charge is 2.10. The van der Waals surface area contributed by atoms with Gasteiger partial charge in [-0.3, -0.25) is 4.79 Å². The van der Waals surface area contributed by atoms with E-state index >= 15 is 0 Å². The lowest BCUT2D eigenvalue weighted by molar-refractivity contribution is 0.103. The maximum atomic E-state index is 11.7. The van der Waals surface area contributed by atoms with E-state index in [1.54, 1.807) is 17.5 Å². The maximum Gasteiger partial charge on any atom is 0.212 e. The first-order valence-corrected chi connectivity index (χ1v) is 5.05. The summed E-state index contributed by atoms with van der Waals surface area (Å²) >= 11 is 6.92. The van der Waals surface area contributed by atoms with E-state index in [4.69, 9.17) is 11.6 Å². The maximum absolute atomic E-state index is 11.7. The molecule has 0 N–H and O–H groups in total. The van der Waals surface area contributed by atoms with E-state index in [9.17, 15) is 4.79 Å². The fourth-order valence-electron chi connectivity index (χ4n) is 1.02. The number of hydrogen-bond donors (Lipinski definition) is 0. The van der Waals surface area contributed by atoms with Gasteiger partial charge < -0.3 is 0 Å². The van der Waals surface area contributed by atoms with Gasteiger partial charge in [-0.25, -0.2) is 4.98 Å². The molecule has 0 aliphatic heterocycles. The largest absolute Gasteiger partial charge is 0.287 e. The Morgan fingerprint density at radius 3 is 2.93 bits per heavy atom. The lowest BCUT2D eigenvalue weighted by Gasteiger charge is -1.96. The summed E-state index contributed by atoms with van der Waals surface area (Å²) in [5, 5.41) is 2.07. The molecule has 2 aromatic rings. The molecule has 0 atom stereocenters. The van der Waals surface area contributed by atoms with Crippen LogP contribution in [0.1, 0.15) is 16.1 Å². The summed E-state index contributed by atoms with van der Waals surface area (Å²) < 4.78 is 3.95. The number of carbonyl (C=O) groups is 1. The number of hydrogen-bond acceptors (Lipinski definition) is 4. The summed E-state index contributed by atoms with van der Waals surface area (Å²) in [5.74, 6) is -0.129. The van der Waals surface area contributed by atoms with Crippen molar-refractivity contribution in [1.82, 2.24) is 9.36 Å². The van der Waals surface area contributed by atoms with Crippen LogP contribution in [0.4, 0.5) is 0 Å². The first kappa shape index (κ1) is 9.30. The predicted molar refractivity (Wildman–Crippen MR) is 54.8 cm³/mol. The summed E-state index contributed by atoms with van der Waals surface area (Å²) in [4.78, 5) is 15.5. The summed E-state index contributed by atoms with van der Waals surface area (Å²) in [5.41, 5.74) is 0.952. The molecule has 0 saturated carbocycles. The van der Waals surface area contributed by atoms with Crippen LogP contribution in [0.25, 0.3) is 0 Å². The molecule has 0 aliphatic carbocycles. The molecule has 2 rings (SSSR count).